The Morgan fingerprint density at radius 2 is 2.14 bits per heavy atom. The number of nitrogens with one attached hydrogen (secondary N) is 2. The van der Waals surface area contributed by atoms with Crippen LogP contribution < -0.4 is 10.5 Å². The van der Waals surface area contributed by atoms with E-state index in [0.717, 1.165) is 6.07 Å². The number of halogens is 1. The zero-order valence-corrected chi connectivity index (χ0v) is 12.2. The second kappa shape index (κ2) is 5.17. The lowest BCUT2D eigenvalue weighted by atomic mass is 10.1. The Bertz CT molecular complexity index is 794. The van der Waals surface area contributed by atoms with Gasteiger partial charge in [0.05, 0.1) is 11.3 Å². The number of anilines is 1. The Hall–Kier alpha value is -2.42. The third-order valence-corrected chi connectivity index (χ3v) is 4.13. The van der Waals surface area contributed by atoms with E-state index in [4.69, 9.17) is 11.1 Å². The number of amidine groups is 1. The zero-order chi connectivity index (χ0) is 15.8. The van der Waals surface area contributed by atoms with E-state index >= 15 is 0 Å². The molecule has 0 saturated carbocycles. The highest BCUT2D eigenvalue weighted by molar-refractivity contribution is 7.92. The van der Waals surface area contributed by atoms with Crippen LogP contribution in [0.25, 0.3) is 0 Å². The lowest BCUT2D eigenvalue weighted by Crippen LogP contribution is -2.20. The van der Waals surface area contributed by atoms with Gasteiger partial charge in [0.15, 0.2) is 5.03 Å². The van der Waals surface area contributed by atoms with E-state index in [1.807, 2.05) is 0 Å². The average molecular weight is 311 g/mol. The summed E-state index contributed by atoms with van der Waals surface area (Å²) in [5.74, 6) is -0.829. The molecule has 0 atom stereocenters. The van der Waals surface area contributed by atoms with Crippen molar-refractivity contribution < 1.29 is 12.8 Å². The number of rotatable bonds is 4. The van der Waals surface area contributed by atoms with Gasteiger partial charge in [-0.2, -0.15) is 8.42 Å². The minimum absolute atomic E-state index is 0.106. The summed E-state index contributed by atoms with van der Waals surface area (Å²) in [6, 6.07) is 3.75. The maximum absolute atomic E-state index is 13.7. The first-order valence-electron chi connectivity index (χ1n) is 5.88. The highest BCUT2D eigenvalue weighted by Gasteiger charge is 2.21. The molecule has 1 aromatic carbocycles. The smallest absolute Gasteiger partial charge is 0.280 e. The van der Waals surface area contributed by atoms with Gasteiger partial charge in [-0.3, -0.25) is 10.1 Å². The van der Waals surface area contributed by atoms with E-state index in [1.165, 1.54) is 18.3 Å². The summed E-state index contributed by atoms with van der Waals surface area (Å²) >= 11 is 0. The second-order valence-corrected chi connectivity index (χ2v) is 6.05. The van der Waals surface area contributed by atoms with Crippen LogP contribution in [0.2, 0.25) is 0 Å². The summed E-state index contributed by atoms with van der Waals surface area (Å²) in [6.07, 6.45) is 1.34. The second-order valence-electron chi connectivity index (χ2n) is 4.42. The van der Waals surface area contributed by atoms with Gasteiger partial charge in [0.1, 0.15) is 17.5 Å². The van der Waals surface area contributed by atoms with Crippen LogP contribution in [0.1, 0.15) is 11.4 Å². The molecule has 0 radical (unpaired) electrons. The number of aryl methyl sites for hydroxylation is 2. The fourth-order valence-corrected chi connectivity index (χ4v) is 2.85. The van der Waals surface area contributed by atoms with Gasteiger partial charge in [-0.25, -0.2) is 9.37 Å². The molecule has 0 aliphatic carbocycles. The number of benzene rings is 1. The molecule has 0 bridgehead atoms. The quantitative estimate of drug-likeness (QED) is 0.576. The molecule has 9 heteroatoms. The van der Waals surface area contributed by atoms with Crippen molar-refractivity contribution in [3.05, 3.63) is 41.6 Å². The standard InChI is InChI=1S/C12H14FN5O2S/c1-7-16-10(6-18(7)2)21(19,20)17-9-5-3-4-8(13)11(9)12(14)15/h3-6,17H,1-2H3,(H3,14,15). The maximum atomic E-state index is 13.7. The predicted octanol–water partition coefficient (Wildman–Crippen LogP) is 0.952. The van der Waals surface area contributed by atoms with Crippen molar-refractivity contribution >= 4 is 21.5 Å². The molecule has 112 valence electrons. The number of hydrogen-bond acceptors (Lipinski definition) is 4. The van der Waals surface area contributed by atoms with E-state index in [-0.39, 0.29) is 16.3 Å². The van der Waals surface area contributed by atoms with Gasteiger partial charge in [0.25, 0.3) is 10.0 Å². The Balaban J connectivity index is 2.47. The molecular weight excluding hydrogens is 297 g/mol. The SMILES string of the molecule is Cc1nc(S(=O)(=O)Nc2cccc(F)c2C(=N)N)cn1C. The topological polar surface area (TPSA) is 114 Å². The molecule has 2 aromatic rings. The number of sulfonamides is 1. The summed E-state index contributed by atoms with van der Waals surface area (Å²) in [5, 5.41) is 7.16. The molecular formula is C12H14FN5O2S. The molecule has 7 nitrogen and oxygen atoms in total. The third-order valence-electron chi connectivity index (χ3n) is 2.89. The molecule has 0 aliphatic rings. The van der Waals surface area contributed by atoms with Crippen molar-refractivity contribution in [3.63, 3.8) is 0 Å². The van der Waals surface area contributed by atoms with Crippen molar-refractivity contribution in [1.29, 1.82) is 5.41 Å². The van der Waals surface area contributed by atoms with Gasteiger partial charge in [-0.15, -0.1) is 0 Å². The van der Waals surface area contributed by atoms with Crippen LogP contribution >= 0.6 is 0 Å². The number of hydrogen-bond donors (Lipinski definition) is 3. The van der Waals surface area contributed by atoms with E-state index < -0.39 is 21.7 Å². The first-order valence-corrected chi connectivity index (χ1v) is 7.36. The number of nitrogens with two attached hydrogens (primary N) is 1. The molecule has 1 heterocycles. The normalized spacial score (nSPS) is 11.4. The summed E-state index contributed by atoms with van der Waals surface area (Å²) in [7, 11) is -2.33. The Morgan fingerprint density at radius 1 is 1.48 bits per heavy atom. The molecule has 2 rings (SSSR count). The van der Waals surface area contributed by atoms with E-state index in [0.29, 0.717) is 5.82 Å². The first kappa shape index (κ1) is 15.0. The summed E-state index contributed by atoms with van der Waals surface area (Å²) in [4.78, 5) is 3.91. The Kier molecular flexibility index (Phi) is 3.69. The minimum Gasteiger partial charge on any atom is -0.384 e. The summed E-state index contributed by atoms with van der Waals surface area (Å²) in [5.41, 5.74) is 4.89. The van der Waals surface area contributed by atoms with Crippen molar-refractivity contribution in [2.24, 2.45) is 12.8 Å². The van der Waals surface area contributed by atoms with Gasteiger partial charge in [0, 0.05) is 13.2 Å². The largest absolute Gasteiger partial charge is 0.384 e. The van der Waals surface area contributed by atoms with E-state index in [2.05, 4.69) is 9.71 Å². The number of nitrogens with zero attached hydrogens (tertiary/aromatic N) is 2. The Morgan fingerprint density at radius 3 is 2.67 bits per heavy atom. The third kappa shape index (κ3) is 2.87. The molecule has 0 spiro atoms. The van der Waals surface area contributed by atoms with Crippen LogP contribution in [0, 0.1) is 18.2 Å². The molecule has 0 amide bonds. The lowest BCUT2D eigenvalue weighted by molar-refractivity contribution is 0.597. The van der Waals surface area contributed by atoms with Crippen molar-refractivity contribution in [3.8, 4) is 0 Å². The molecule has 0 fully saturated rings. The fraction of sp³-hybridized carbons (Fsp3) is 0.167. The van der Waals surface area contributed by atoms with Crippen molar-refractivity contribution in [1.82, 2.24) is 9.55 Å². The van der Waals surface area contributed by atoms with Crippen LogP contribution in [0.15, 0.2) is 29.4 Å². The van der Waals surface area contributed by atoms with Gasteiger partial charge < -0.3 is 10.3 Å². The van der Waals surface area contributed by atoms with Crippen molar-refractivity contribution in [2.75, 3.05) is 4.72 Å². The lowest BCUT2D eigenvalue weighted by Gasteiger charge is -2.11. The monoisotopic (exact) mass is 311 g/mol. The van der Waals surface area contributed by atoms with Gasteiger partial charge >= 0.3 is 0 Å². The van der Waals surface area contributed by atoms with Crippen LogP contribution in [-0.2, 0) is 17.1 Å². The fourth-order valence-electron chi connectivity index (χ4n) is 1.74. The van der Waals surface area contributed by atoms with E-state index in [9.17, 15) is 12.8 Å². The van der Waals surface area contributed by atoms with Crippen LogP contribution in [-0.4, -0.2) is 23.8 Å². The zero-order valence-electron chi connectivity index (χ0n) is 11.4. The first-order chi connectivity index (χ1) is 9.72. The highest BCUT2D eigenvalue weighted by Crippen LogP contribution is 2.21. The van der Waals surface area contributed by atoms with Crippen molar-refractivity contribution in [2.45, 2.75) is 11.9 Å². The molecule has 0 unspecified atom stereocenters. The maximum Gasteiger partial charge on any atom is 0.280 e. The van der Waals surface area contributed by atoms with Crippen LogP contribution in [0.3, 0.4) is 0 Å². The molecule has 0 saturated heterocycles. The predicted molar refractivity (Wildman–Crippen MR) is 76.2 cm³/mol. The Labute approximate surface area is 121 Å². The number of aromatic nitrogens is 2. The molecule has 21 heavy (non-hydrogen) atoms. The highest BCUT2D eigenvalue weighted by atomic mass is 32.2. The number of nitrogen functional groups attached to an aromatic ring is 1. The van der Waals surface area contributed by atoms with Gasteiger partial charge in [-0.05, 0) is 19.1 Å². The average Bonchev–Trinajstić information content (AvgIpc) is 2.69. The summed E-state index contributed by atoms with van der Waals surface area (Å²) < 4.78 is 41.9. The molecule has 1 aromatic heterocycles. The van der Waals surface area contributed by atoms with Gasteiger partial charge in [-0.1, -0.05) is 6.07 Å². The molecule has 0 aliphatic heterocycles. The molecule has 4 N–H and O–H groups in total. The van der Waals surface area contributed by atoms with Crippen LogP contribution in [0.5, 0.6) is 0 Å². The summed E-state index contributed by atoms with van der Waals surface area (Å²) in [6.45, 7) is 1.65. The number of imidazole rings is 1. The minimum atomic E-state index is -3.99. The van der Waals surface area contributed by atoms with Gasteiger partial charge in [0.2, 0.25) is 0 Å². The van der Waals surface area contributed by atoms with Crippen LogP contribution in [0.4, 0.5) is 10.1 Å². The van der Waals surface area contributed by atoms with E-state index in [1.54, 1.807) is 18.5 Å².